The van der Waals surface area contributed by atoms with Gasteiger partial charge in [-0.05, 0) is 30.3 Å². The van der Waals surface area contributed by atoms with E-state index in [9.17, 15) is 9.42 Å². The number of hydroxylamine groups is 3. The van der Waals surface area contributed by atoms with Crippen molar-refractivity contribution in [2.45, 2.75) is 16.2 Å². The van der Waals surface area contributed by atoms with Crippen molar-refractivity contribution in [3.05, 3.63) is 52.7 Å². The van der Waals surface area contributed by atoms with Crippen molar-refractivity contribution in [1.29, 1.82) is 0 Å². The fourth-order valence-electron chi connectivity index (χ4n) is 2.79. The van der Waals surface area contributed by atoms with Crippen LogP contribution in [0.1, 0.15) is 6.42 Å². The molecule has 0 saturated heterocycles. The molecule has 0 saturated carbocycles. The minimum absolute atomic E-state index is 0. The largest absolute Gasteiger partial charge is 0.633 e. The summed E-state index contributed by atoms with van der Waals surface area (Å²) in [5, 5.41) is 12.4. The van der Waals surface area contributed by atoms with Gasteiger partial charge in [-0.25, -0.2) is 4.21 Å². The third-order valence-electron chi connectivity index (χ3n) is 3.85. The lowest BCUT2D eigenvalue weighted by Crippen LogP contribution is -2.35. The van der Waals surface area contributed by atoms with Crippen LogP contribution in [0.25, 0.3) is 0 Å². The number of anilines is 2. The zero-order chi connectivity index (χ0) is 16.6. The Hall–Kier alpha value is -1.11. The van der Waals surface area contributed by atoms with Gasteiger partial charge in [0.25, 0.3) is 0 Å². The molecule has 0 aromatic heterocycles. The second-order valence-electron chi connectivity index (χ2n) is 6.15. The first kappa shape index (κ1) is 19.2. The lowest BCUT2D eigenvalue weighted by Gasteiger charge is -2.36. The van der Waals surface area contributed by atoms with Gasteiger partial charge in [0.1, 0.15) is 0 Å². The second-order valence-corrected chi connectivity index (χ2v) is 8.00. The molecule has 1 aliphatic rings. The fraction of sp³-hybridized carbons (Fsp3) is 0.294. The summed E-state index contributed by atoms with van der Waals surface area (Å²) in [4.78, 5) is 3.69. The molecule has 2 aromatic carbocycles. The van der Waals surface area contributed by atoms with Crippen LogP contribution in [0.15, 0.2) is 52.3 Å². The Bertz CT molecular complexity index is 762. The molecule has 0 radical (unpaired) electrons. The van der Waals surface area contributed by atoms with Crippen LogP contribution < -0.4 is 4.90 Å². The highest BCUT2D eigenvalue weighted by atomic mass is 35.5. The monoisotopic (exact) mass is 386 g/mol. The molecule has 0 spiro atoms. The van der Waals surface area contributed by atoms with Gasteiger partial charge in [0.15, 0.2) is 0 Å². The number of hydrogen-bond donors (Lipinski definition) is 0. The summed E-state index contributed by atoms with van der Waals surface area (Å²) in [7, 11) is 2.08. The summed E-state index contributed by atoms with van der Waals surface area (Å²) in [6.45, 7) is 1.21. The Morgan fingerprint density at radius 2 is 1.79 bits per heavy atom. The van der Waals surface area contributed by atoms with E-state index >= 15 is 0 Å². The van der Waals surface area contributed by atoms with E-state index in [1.807, 2.05) is 36.4 Å². The van der Waals surface area contributed by atoms with Crippen LogP contribution in [0.3, 0.4) is 0 Å². The van der Waals surface area contributed by atoms with Crippen LogP contribution >= 0.6 is 24.0 Å². The van der Waals surface area contributed by atoms with Gasteiger partial charge in [0.05, 0.1) is 52.6 Å². The third kappa shape index (κ3) is 3.92. The molecule has 0 fully saturated rings. The van der Waals surface area contributed by atoms with Gasteiger partial charge in [-0.3, -0.25) is 0 Å². The third-order valence-corrected chi connectivity index (χ3v) is 5.57. The van der Waals surface area contributed by atoms with Crippen molar-refractivity contribution in [2.75, 3.05) is 32.1 Å². The van der Waals surface area contributed by atoms with Gasteiger partial charge in [0.2, 0.25) is 0 Å². The SMILES string of the molecule is C[N+](C)([O-])CCCN1c2ccccc2S(=O)c2ccc(Cl)cc21.Cl. The minimum atomic E-state index is -1.21. The van der Waals surface area contributed by atoms with E-state index in [2.05, 4.69) is 4.90 Å². The maximum atomic E-state index is 12.8. The zero-order valence-corrected chi connectivity index (χ0v) is 16.0. The van der Waals surface area contributed by atoms with E-state index in [0.29, 0.717) is 18.1 Å². The normalized spacial score (nSPS) is 16.2. The second kappa shape index (κ2) is 7.42. The van der Waals surface area contributed by atoms with Gasteiger partial charge in [-0.2, -0.15) is 0 Å². The first-order valence-corrected chi connectivity index (χ1v) is 9.01. The van der Waals surface area contributed by atoms with Crippen LogP contribution in [0.5, 0.6) is 0 Å². The fourth-order valence-corrected chi connectivity index (χ4v) is 4.32. The van der Waals surface area contributed by atoms with Crippen molar-refractivity contribution in [3.63, 3.8) is 0 Å². The quantitative estimate of drug-likeness (QED) is 0.579. The van der Waals surface area contributed by atoms with Crippen molar-refractivity contribution in [3.8, 4) is 0 Å². The molecule has 7 heteroatoms. The molecule has 130 valence electrons. The predicted molar refractivity (Wildman–Crippen MR) is 102 cm³/mol. The highest BCUT2D eigenvalue weighted by Crippen LogP contribution is 2.42. The average Bonchev–Trinajstić information content (AvgIpc) is 2.49. The number of rotatable bonds is 4. The zero-order valence-electron chi connectivity index (χ0n) is 13.6. The number of para-hydroxylation sites is 1. The van der Waals surface area contributed by atoms with E-state index in [-0.39, 0.29) is 17.1 Å². The highest BCUT2D eigenvalue weighted by molar-refractivity contribution is 7.85. The van der Waals surface area contributed by atoms with Crippen LogP contribution in [-0.2, 0) is 10.8 Å². The summed E-state index contributed by atoms with van der Waals surface area (Å²) < 4.78 is 12.5. The first-order valence-electron chi connectivity index (χ1n) is 7.49. The molecule has 0 N–H and O–H groups in total. The van der Waals surface area contributed by atoms with E-state index in [1.165, 1.54) is 0 Å². The van der Waals surface area contributed by atoms with Crippen LogP contribution in [0, 0.1) is 5.21 Å². The van der Waals surface area contributed by atoms with Crippen LogP contribution in [0.2, 0.25) is 5.02 Å². The highest BCUT2D eigenvalue weighted by Gasteiger charge is 2.28. The first-order chi connectivity index (χ1) is 10.9. The molecule has 0 aliphatic carbocycles. The number of hydrogen-bond acceptors (Lipinski definition) is 3. The number of halogens is 2. The van der Waals surface area contributed by atoms with E-state index in [0.717, 1.165) is 27.6 Å². The Kier molecular flexibility index (Phi) is 5.94. The van der Waals surface area contributed by atoms with E-state index in [4.69, 9.17) is 11.6 Å². The smallest absolute Gasteiger partial charge is 0.0892 e. The topological polar surface area (TPSA) is 43.4 Å². The maximum absolute atomic E-state index is 12.8. The molecule has 0 amide bonds. The summed E-state index contributed by atoms with van der Waals surface area (Å²) in [6.07, 6.45) is 0.740. The molecule has 0 bridgehead atoms. The lowest BCUT2D eigenvalue weighted by atomic mass is 10.2. The van der Waals surface area contributed by atoms with Gasteiger partial charge in [0, 0.05) is 18.0 Å². The number of benzene rings is 2. The Morgan fingerprint density at radius 3 is 2.50 bits per heavy atom. The summed E-state index contributed by atoms with van der Waals surface area (Å²) >= 11 is 6.14. The maximum Gasteiger partial charge on any atom is 0.0892 e. The van der Waals surface area contributed by atoms with Crippen molar-refractivity contribution in [2.24, 2.45) is 0 Å². The Labute approximate surface area is 156 Å². The molecule has 1 heterocycles. The molecular formula is C17H20Cl2N2O2S. The Morgan fingerprint density at radius 1 is 1.12 bits per heavy atom. The standard InChI is InChI=1S/C17H19ClN2O2S.ClH/c1-20(2,21)11-5-10-19-14-6-3-4-7-16(14)23(22)17-9-8-13(18)12-15(17)19;/h3-4,6-9,12H,5,10-11H2,1-2H3;1H. The van der Waals surface area contributed by atoms with Gasteiger partial charge < -0.3 is 14.8 Å². The molecule has 3 rings (SSSR count). The number of quaternary nitrogens is 1. The van der Waals surface area contributed by atoms with Gasteiger partial charge in [-0.15, -0.1) is 12.4 Å². The summed E-state index contributed by atoms with van der Waals surface area (Å²) in [5.41, 5.74) is 1.79. The molecule has 24 heavy (non-hydrogen) atoms. The van der Waals surface area contributed by atoms with E-state index in [1.54, 1.807) is 20.2 Å². The van der Waals surface area contributed by atoms with Crippen LogP contribution in [-0.4, -0.2) is 36.0 Å². The van der Waals surface area contributed by atoms with Crippen LogP contribution in [0.4, 0.5) is 11.4 Å². The minimum Gasteiger partial charge on any atom is -0.633 e. The summed E-state index contributed by atoms with van der Waals surface area (Å²) in [6, 6.07) is 13.1. The molecule has 4 nitrogen and oxygen atoms in total. The lowest BCUT2D eigenvalue weighted by molar-refractivity contribution is -0.840. The van der Waals surface area contributed by atoms with Gasteiger partial charge in [-0.1, -0.05) is 23.7 Å². The summed E-state index contributed by atoms with van der Waals surface area (Å²) in [5.74, 6) is 0. The number of fused-ring (bicyclic) bond motifs is 2. The average molecular weight is 387 g/mol. The molecule has 1 aliphatic heterocycles. The van der Waals surface area contributed by atoms with E-state index < -0.39 is 10.8 Å². The van der Waals surface area contributed by atoms with Gasteiger partial charge >= 0.3 is 0 Å². The molecule has 1 unspecified atom stereocenters. The molecule has 2 aromatic rings. The molecule has 1 atom stereocenters. The van der Waals surface area contributed by atoms with Crippen molar-refractivity contribution >= 4 is 46.2 Å². The van der Waals surface area contributed by atoms with Crippen molar-refractivity contribution in [1.82, 2.24) is 0 Å². The number of nitrogens with zero attached hydrogens (tertiary/aromatic N) is 2. The predicted octanol–water partition coefficient (Wildman–Crippen LogP) is 4.34. The molecular weight excluding hydrogens is 367 g/mol. The Balaban J connectivity index is 0.00000208. The van der Waals surface area contributed by atoms with Crippen molar-refractivity contribution < 1.29 is 8.86 Å².